The second-order valence-electron chi connectivity index (χ2n) is 4.67. The number of nitrogens with one attached hydrogen (secondary N) is 2. The van der Waals surface area contributed by atoms with Gasteiger partial charge in [-0.15, -0.1) is 0 Å². The smallest absolute Gasteiger partial charge is 0.270 e. The van der Waals surface area contributed by atoms with Crippen molar-refractivity contribution >= 4 is 23.0 Å². The van der Waals surface area contributed by atoms with Crippen LogP contribution < -0.4 is 10.6 Å². The van der Waals surface area contributed by atoms with Gasteiger partial charge in [0.05, 0.1) is 16.2 Å². The van der Waals surface area contributed by atoms with Crippen LogP contribution in [0.5, 0.6) is 0 Å². The van der Waals surface area contributed by atoms with Crippen molar-refractivity contribution < 1.29 is 14.1 Å². The molecule has 0 aromatic heterocycles. The van der Waals surface area contributed by atoms with Gasteiger partial charge in [-0.05, 0) is 30.7 Å². The highest BCUT2D eigenvalue weighted by molar-refractivity contribution is 6.08. The number of hydrogen-bond donors (Lipinski definition) is 2. The van der Waals surface area contributed by atoms with Crippen molar-refractivity contribution in [3.05, 3.63) is 63.5 Å². The lowest BCUT2D eigenvalue weighted by atomic mass is 10.1. The quantitative estimate of drug-likeness (QED) is 0.670. The highest BCUT2D eigenvalue weighted by atomic mass is 19.1. The first kappa shape index (κ1) is 15.4. The molecule has 114 valence electrons. The molecule has 6 nitrogen and oxygen atoms in total. The van der Waals surface area contributed by atoms with Gasteiger partial charge in [-0.3, -0.25) is 14.9 Å². The molecule has 1 amide bonds. The predicted molar refractivity (Wildman–Crippen MR) is 81.7 cm³/mol. The lowest BCUT2D eigenvalue weighted by Gasteiger charge is -2.10. The second-order valence-corrected chi connectivity index (χ2v) is 4.67. The number of anilines is 2. The van der Waals surface area contributed by atoms with E-state index in [0.717, 1.165) is 11.6 Å². The van der Waals surface area contributed by atoms with Crippen molar-refractivity contribution in [3.8, 4) is 0 Å². The summed E-state index contributed by atoms with van der Waals surface area (Å²) in [6, 6.07) is 8.26. The number of nitro groups is 1. The summed E-state index contributed by atoms with van der Waals surface area (Å²) in [6.07, 6.45) is 0. The number of nitro benzene ring substituents is 1. The molecular formula is C15H14FN3O3. The number of carbonyl (C=O) groups excluding carboxylic acids is 1. The molecule has 0 aliphatic rings. The van der Waals surface area contributed by atoms with Crippen LogP contribution in [0, 0.1) is 22.9 Å². The third kappa shape index (κ3) is 3.20. The monoisotopic (exact) mass is 303 g/mol. The number of nitrogens with zero attached hydrogens (tertiary/aromatic N) is 1. The van der Waals surface area contributed by atoms with Crippen molar-refractivity contribution in [2.45, 2.75) is 6.92 Å². The summed E-state index contributed by atoms with van der Waals surface area (Å²) in [5.41, 5.74) is 1.01. The van der Waals surface area contributed by atoms with E-state index in [-0.39, 0.29) is 16.9 Å². The first-order valence-corrected chi connectivity index (χ1v) is 6.46. The van der Waals surface area contributed by atoms with Crippen LogP contribution in [0.3, 0.4) is 0 Å². The predicted octanol–water partition coefficient (Wildman–Crippen LogP) is 3.34. The first-order chi connectivity index (χ1) is 10.4. The minimum atomic E-state index is -0.629. The highest BCUT2D eigenvalue weighted by Gasteiger charge is 2.17. The van der Waals surface area contributed by atoms with E-state index in [0.29, 0.717) is 5.69 Å². The maximum absolute atomic E-state index is 13.8. The summed E-state index contributed by atoms with van der Waals surface area (Å²) in [5, 5.41) is 16.0. The molecule has 7 heteroatoms. The molecule has 0 unspecified atom stereocenters. The maximum Gasteiger partial charge on any atom is 0.270 e. The molecule has 0 saturated heterocycles. The Morgan fingerprint density at radius 3 is 2.45 bits per heavy atom. The highest BCUT2D eigenvalue weighted by Crippen LogP contribution is 2.24. The molecule has 0 bridgehead atoms. The van der Waals surface area contributed by atoms with Gasteiger partial charge in [-0.1, -0.05) is 6.07 Å². The standard InChI is InChI=1S/C15H14FN3O3/c1-9-3-5-14(12(16)7-9)18-15(20)11-8-10(19(21)22)4-6-13(11)17-2/h3-8,17H,1-2H3,(H,18,20). The largest absolute Gasteiger partial charge is 0.387 e. The topological polar surface area (TPSA) is 84.3 Å². The zero-order valence-electron chi connectivity index (χ0n) is 12.0. The lowest BCUT2D eigenvalue weighted by molar-refractivity contribution is -0.384. The molecule has 0 heterocycles. The molecule has 2 rings (SSSR count). The van der Waals surface area contributed by atoms with Gasteiger partial charge in [0.15, 0.2) is 0 Å². The van der Waals surface area contributed by atoms with Crippen molar-refractivity contribution in [2.75, 3.05) is 17.7 Å². The van der Waals surface area contributed by atoms with E-state index in [1.165, 1.54) is 24.3 Å². The Labute approximate surface area is 126 Å². The third-order valence-corrected chi connectivity index (χ3v) is 3.10. The van der Waals surface area contributed by atoms with E-state index in [1.807, 2.05) is 0 Å². The third-order valence-electron chi connectivity index (χ3n) is 3.10. The molecule has 2 N–H and O–H groups in total. The van der Waals surface area contributed by atoms with Crippen molar-refractivity contribution in [1.29, 1.82) is 0 Å². The van der Waals surface area contributed by atoms with Crippen LogP contribution in [0.25, 0.3) is 0 Å². The fourth-order valence-electron chi connectivity index (χ4n) is 1.96. The van der Waals surface area contributed by atoms with Crippen LogP contribution in [-0.4, -0.2) is 17.9 Å². The zero-order valence-corrected chi connectivity index (χ0v) is 12.0. The number of rotatable bonds is 4. The molecule has 0 aliphatic heterocycles. The van der Waals surface area contributed by atoms with Gasteiger partial charge in [-0.2, -0.15) is 0 Å². The Hall–Kier alpha value is -2.96. The van der Waals surface area contributed by atoms with Gasteiger partial charge >= 0.3 is 0 Å². The minimum Gasteiger partial charge on any atom is -0.387 e. The van der Waals surface area contributed by atoms with Crippen LogP contribution in [-0.2, 0) is 0 Å². The van der Waals surface area contributed by atoms with Gasteiger partial charge in [0, 0.05) is 24.9 Å². The lowest BCUT2D eigenvalue weighted by Crippen LogP contribution is -2.15. The van der Waals surface area contributed by atoms with E-state index < -0.39 is 16.6 Å². The van der Waals surface area contributed by atoms with Gasteiger partial charge in [0.2, 0.25) is 0 Å². The number of aryl methyl sites for hydroxylation is 1. The van der Waals surface area contributed by atoms with Crippen molar-refractivity contribution in [2.24, 2.45) is 0 Å². The Morgan fingerprint density at radius 2 is 1.86 bits per heavy atom. The minimum absolute atomic E-state index is 0.0177. The second kappa shape index (κ2) is 6.21. The zero-order chi connectivity index (χ0) is 16.3. The summed E-state index contributed by atoms with van der Waals surface area (Å²) < 4.78 is 13.8. The summed E-state index contributed by atoms with van der Waals surface area (Å²) in [5.74, 6) is -1.19. The van der Waals surface area contributed by atoms with Crippen LogP contribution in [0.4, 0.5) is 21.5 Å². The molecular weight excluding hydrogens is 289 g/mol. The number of non-ortho nitro benzene ring substituents is 1. The summed E-state index contributed by atoms with van der Waals surface area (Å²) >= 11 is 0. The van der Waals surface area contributed by atoms with E-state index >= 15 is 0 Å². The Bertz CT molecular complexity index is 747. The molecule has 0 saturated carbocycles. The van der Waals surface area contributed by atoms with Crippen LogP contribution in [0.2, 0.25) is 0 Å². The number of amides is 1. The number of benzene rings is 2. The normalized spacial score (nSPS) is 10.1. The van der Waals surface area contributed by atoms with Crippen LogP contribution in [0.1, 0.15) is 15.9 Å². The van der Waals surface area contributed by atoms with Gasteiger partial charge in [0.1, 0.15) is 5.82 Å². The molecule has 0 atom stereocenters. The molecule has 22 heavy (non-hydrogen) atoms. The number of halogens is 1. The maximum atomic E-state index is 13.8. The molecule has 2 aromatic rings. The first-order valence-electron chi connectivity index (χ1n) is 6.46. The Kier molecular flexibility index (Phi) is 4.36. The van der Waals surface area contributed by atoms with Crippen molar-refractivity contribution in [1.82, 2.24) is 0 Å². The summed E-state index contributed by atoms with van der Waals surface area (Å²) in [7, 11) is 1.59. The molecule has 0 radical (unpaired) electrons. The van der Waals surface area contributed by atoms with Crippen LogP contribution >= 0.6 is 0 Å². The SMILES string of the molecule is CNc1ccc([N+](=O)[O-])cc1C(=O)Nc1ccc(C)cc1F. The summed E-state index contributed by atoms with van der Waals surface area (Å²) in [4.78, 5) is 22.5. The average Bonchev–Trinajstić information content (AvgIpc) is 2.49. The van der Waals surface area contributed by atoms with E-state index in [9.17, 15) is 19.3 Å². The van der Waals surface area contributed by atoms with E-state index in [4.69, 9.17) is 0 Å². The van der Waals surface area contributed by atoms with E-state index in [1.54, 1.807) is 20.0 Å². The Morgan fingerprint density at radius 1 is 1.18 bits per heavy atom. The van der Waals surface area contributed by atoms with Gasteiger partial charge in [-0.25, -0.2) is 4.39 Å². The van der Waals surface area contributed by atoms with Gasteiger partial charge < -0.3 is 10.6 Å². The van der Waals surface area contributed by atoms with Crippen molar-refractivity contribution in [3.63, 3.8) is 0 Å². The summed E-state index contributed by atoms with van der Waals surface area (Å²) in [6.45, 7) is 1.73. The van der Waals surface area contributed by atoms with E-state index in [2.05, 4.69) is 10.6 Å². The fourth-order valence-corrected chi connectivity index (χ4v) is 1.96. The molecule has 2 aromatic carbocycles. The average molecular weight is 303 g/mol. The number of hydrogen-bond acceptors (Lipinski definition) is 4. The molecule has 0 spiro atoms. The number of carbonyl (C=O) groups is 1. The van der Waals surface area contributed by atoms with Gasteiger partial charge in [0.25, 0.3) is 11.6 Å². The molecule has 0 aliphatic carbocycles. The Balaban J connectivity index is 2.35. The molecule has 0 fully saturated rings. The van der Waals surface area contributed by atoms with Crippen LogP contribution in [0.15, 0.2) is 36.4 Å². The fraction of sp³-hybridized carbons (Fsp3) is 0.133.